The Hall–Kier alpha value is -3.92. The first-order valence-corrected chi connectivity index (χ1v) is 10.4. The second kappa shape index (κ2) is 8.84. The third-order valence-corrected chi connectivity index (χ3v) is 5.62. The molecular formula is C27H24N2O2. The minimum atomic E-state index is -0.609. The van der Waals surface area contributed by atoms with Crippen LogP contribution in [0.5, 0.6) is 0 Å². The Bertz CT molecular complexity index is 1100. The highest BCUT2D eigenvalue weighted by Gasteiger charge is 2.38. The maximum atomic E-state index is 11.3. The van der Waals surface area contributed by atoms with Crippen molar-refractivity contribution in [1.82, 2.24) is 0 Å². The summed E-state index contributed by atoms with van der Waals surface area (Å²) >= 11 is 0. The summed E-state index contributed by atoms with van der Waals surface area (Å²) in [7, 11) is 0. The first-order valence-electron chi connectivity index (χ1n) is 10.4. The van der Waals surface area contributed by atoms with Crippen LogP contribution < -0.4 is 5.32 Å². The van der Waals surface area contributed by atoms with Gasteiger partial charge < -0.3 is 5.32 Å². The quantitative estimate of drug-likeness (QED) is 0.218. The summed E-state index contributed by atoms with van der Waals surface area (Å²) in [6.07, 6.45) is 0. The molecule has 4 aromatic carbocycles. The average Bonchev–Trinajstić information content (AvgIpc) is 2.83. The molecule has 0 saturated carbocycles. The lowest BCUT2D eigenvalue weighted by Crippen LogP contribution is -2.31. The van der Waals surface area contributed by atoms with Crippen LogP contribution in [-0.2, 0) is 5.41 Å². The summed E-state index contributed by atoms with van der Waals surface area (Å²) < 4.78 is 0. The van der Waals surface area contributed by atoms with Crippen LogP contribution in [-0.4, -0.2) is 11.5 Å². The molecule has 0 bridgehead atoms. The molecule has 0 radical (unpaired) electrons. The van der Waals surface area contributed by atoms with Gasteiger partial charge in [0.15, 0.2) is 0 Å². The summed E-state index contributed by atoms with van der Waals surface area (Å²) in [5.74, 6) is 0. The molecule has 0 atom stereocenters. The van der Waals surface area contributed by atoms with E-state index in [-0.39, 0.29) is 10.6 Å². The van der Waals surface area contributed by atoms with Gasteiger partial charge in [0.25, 0.3) is 5.69 Å². The maximum absolute atomic E-state index is 11.3. The molecule has 154 valence electrons. The van der Waals surface area contributed by atoms with Gasteiger partial charge >= 0.3 is 0 Å². The SMILES string of the molecule is CCNc1ccc(C(c2ccccc2)(c2ccccc2)c2ccc([N+](=O)[O-])cc2)cc1. The smallest absolute Gasteiger partial charge is 0.269 e. The highest BCUT2D eigenvalue weighted by atomic mass is 16.6. The monoisotopic (exact) mass is 408 g/mol. The fourth-order valence-corrected chi connectivity index (χ4v) is 4.25. The number of hydrogen-bond donors (Lipinski definition) is 1. The van der Waals surface area contributed by atoms with Gasteiger partial charge in [0.2, 0.25) is 0 Å². The Morgan fingerprint density at radius 1 is 0.677 bits per heavy atom. The highest BCUT2D eigenvalue weighted by Crippen LogP contribution is 2.45. The molecule has 0 amide bonds. The van der Waals surface area contributed by atoms with Gasteiger partial charge in [-0.1, -0.05) is 84.9 Å². The zero-order valence-electron chi connectivity index (χ0n) is 17.4. The second-order valence-corrected chi connectivity index (χ2v) is 7.39. The molecule has 0 fully saturated rings. The fourth-order valence-electron chi connectivity index (χ4n) is 4.25. The molecule has 4 rings (SSSR count). The van der Waals surface area contributed by atoms with Gasteiger partial charge in [-0.3, -0.25) is 10.1 Å². The lowest BCUT2D eigenvalue weighted by Gasteiger charge is -2.36. The lowest BCUT2D eigenvalue weighted by atomic mass is 9.65. The van der Waals surface area contributed by atoms with Crippen molar-refractivity contribution in [1.29, 1.82) is 0 Å². The molecular weight excluding hydrogens is 384 g/mol. The van der Waals surface area contributed by atoms with Crippen LogP contribution >= 0.6 is 0 Å². The first kappa shape index (κ1) is 20.4. The zero-order valence-corrected chi connectivity index (χ0v) is 17.4. The Kier molecular flexibility index (Phi) is 5.80. The van der Waals surface area contributed by atoms with E-state index in [1.807, 2.05) is 48.5 Å². The van der Waals surface area contributed by atoms with Crippen molar-refractivity contribution >= 4 is 11.4 Å². The van der Waals surface area contributed by atoms with Crippen LogP contribution in [0.2, 0.25) is 0 Å². The predicted molar refractivity (Wildman–Crippen MR) is 126 cm³/mol. The van der Waals surface area contributed by atoms with E-state index in [0.29, 0.717) is 0 Å². The third kappa shape index (κ3) is 3.80. The van der Waals surface area contributed by atoms with Gasteiger partial charge in [0.1, 0.15) is 0 Å². The van der Waals surface area contributed by atoms with Gasteiger partial charge in [-0.25, -0.2) is 0 Å². The van der Waals surface area contributed by atoms with E-state index in [9.17, 15) is 10.1 Å². The summed E-state index contributed by atoms with van der Waals surface area (Å²) in [4.78, 5) is 10.9. The molecule has 0 saturated heterocycles. The Morgan fingerprint density at radius 3 is 1.52 bits per heavy atom. The highest BCUT2D eigenvalue weighted by molar-refractivity contribution is 5.62. The fraction of sp³-hybridized carbons (Fsp3) is 0.111. The van der Waals surface area contributed by atoms with Crippen molar-refractivity contribution in [3.8, 4) is 0 Å². The van der Waals surface area contributed by atoms with E-state index in [2.05, 4.69) is 60.8 Å². The summed E-state index contributed by atoms with van der Waals surface area (Å²) in [6, 6.07) is 36.0. The summed E-state index contributed by atoms with van der Waals surface area (Å²) in [5, 5.41) is 14.6. The van der Waals surface area contributed by atoms with Crippen LogP contribution in [0, 0.1) is 10.1 Å². The molecule has 1 N–H and O–H groups in total. The first-order chi connectivity index (χ1) is 15.2. The van der Waals surface area contributed by atoms with Crippen LogP contribution in [0.3, 0.4) is 0 Å². The van der Waals surface area contributed by atoms with Crippen LogP contribution in [0.4, 0.5) is 11.4 Å². The van der Waals surface area contributed by atoms with Crippen molar-refractivity contribution in [3.05, 3.63) is 142 Å². The number of rotatable bonds is 7. The van der Waals surface area contributed by atoms with Gasteiger partial charge in [-0.05, 0) is 41.3 Å². The van der Waals surface area contributed by atoms with Crippen molar-refractivity contribution in [3.63, 3.8) is 0 Å². The minimum Gasteiger partial charge on any atom is -0.385 e. The van der Waals surface area contributed by atoms with Gasteiger partial charge in [0.05, 0.1) is 10.3 Å². The van der Waals surface area contributed by atoms with Crippen LogP contribution in [0.15, 0.2) is 109 Å². The average molecular weight is 409 g/mol. The number of nitrogens with one attached hydrogen (secondary N) is 1. The number of nitro benzene ring substituents is 1. The Labute approximate surface area is 182 Å². The van der Waals surface area contributed by atoms with Crippen LogP contribution in [0.1, 0.15) is 29.2 Å². The van der Waals surface area contributed by atoms with E-state index in [1.165, 1.54) is 0 Å². The van der Waals surface area contributed by atoms with Crippen molar-refractivity contribution in [2.24, 2.45) is 0 Å². The molecule has 0 aliphatic rings. The Morgan fingerprint density at radius 2 is 1.10 bits per heavy atom. The van der Waals surface area contributed by atoms with E-state index < -0.39 is 5.41 Å². The van der Waals surface area contributed by atoms with Gasteiger partial charge in [-0.15, -0.1) is 0 Å². The lowest BCUT2D eigenvalue weighted by molar-refractivity contribution is -0.384. The topological polar surface area (TPSA) is 55.2 Å². The molecule has 31 heavy (non-hydrogen) atoms. The predicted octanol–water partition coefficient (Wildman–Crippen LogP) is 6.41. The van der Waals surface area contributed by atoms with Crippen molar-refractivity contribution in [2.75, 3.05) is 11.9 Å². The van der Waals surface area contributed by atoms with E-state index >= 15 is 0 Å². The molecule has 0 heterocycles. The molecule has 4 aromatic rings. The van der Waals surface area contributed by atoms with E-state index in [4.69, 9.17) is 0 Å². The summed E-state index contributed by atoms with van der Waals surface area (Å²) in [5.41, 5.74) is 4.82. The molecule has 4 heteroatoms. The number of hydrogen-bond acceptors (Lipinski definition) is 3. The number of non-ortho nitro benzene ring substituents is 1. The molecule has 4 nitrogen and oxygen atoms in total. The summed E-state index contributed by atoms with van der Waals surface area (Å²) in [6.45, 7) is 2.92. The van der Waals surface area contributed by atoms with Gasteiger partial charge in [0, 0.05) is 24.4 Å². The number of nitrogens with zero attached hydrogens (tertiary/aromatic N) is 1. The Balaban J connectivity index is 2.03. The van der Waals surface area contributed by atoms with Crippen LogP contribution in [0.25, 0.3) is 0 Å². The molecule has 0 spiro atoms. The number of anilines is 1. The number of benzene rings is 4. The van der Waals surface area contributed by atoms with Crippen molar-refractivity contribution < 1.29 is 4.92 Å². The second-order valence-electron chi connectivity index (χ2n) is 7.39. The standard InChI is InChI=1S/C27H24N2O2/c1-2-28-25-17-13-23(14-18-25)27(21-9-5-3-6-10-21,22-11-7-4-8-12-22)24-15-19-26(20-16-24)29(30)31/h3-20,28H,2H2,1H3. The number of nitro groups is 1. The molecule has 0 unspecified atom stereocenters. The zero-order chi connectivity index (χ0) is 21.7. The van der Waals surface area contributed by atoms with Crippen molar-refractivity contribution in [2.45, 2.75) is 12.3 Å². The normalized spacial score (nSPS) is 11.1. The largest absolute Gasteiger partial charge is 0.385 e. The molecule has 0 aliphatic carbocycles. The minimum absolute atomic E-state index is 0.0845. The molecule has 0 aliphatic heterocycles. The third-order valence-electron chi connectivity index (χ3n) is 5.62. The molecule has 0 aromatic heterocycles. The van der Waals surface area contributed by atoms with E-state index in [1.54, 1.807) is 12.1 Å². The van der Waals surface area contributed by atoms with Gasteiger partial charge in [-0.2, -0.15) is 0 Å². The maximum Gasteiger partial charge on any atom is 0.269 e. The van der Waals surface area contributed by atoms with E-state index in [0.717, 1.165) is 34.5 Å².